The molecule has 1 aliphatic rings. The van der Waals surface area contributed by atoms with Gasteiger partial charge in [-0.3, -0.25) is 4.90 Å². The zero-order valence-electron chi connectivity index (χ0n) is 11.6. The maximum atomic E-state index is 6.31. The molecule has 3 atom stereocenters. The van der Waals surface area contributed by atoms with Crippen molar-refractivity contribution in [1.82, 2.24) is 4.90 Å². The summed E-state index contributed by atoms with van der Waals surface area (Å²) in [4.78, 5) is 2.52. The summed E-state index contributed by atoms with van der Waals surface area (Å²) in [5.41, 5.74) is 6.31. The molecule has 0 saturated carbocycles. The van der Waals surface area contributed by atoms with Gasteiger partial charge in [-0.2, -0.15) is 0 Å². The van der Waals surface area contributed by atoms with Gasteiger partial charge in [-0.05, 0) is 43.9 Å². The molecule has 3 heteroatoms. The van der Waals surface area contributed by atoms with Crippen LogP contribution in [0.15, 0.2) is 22.8 Å². The number of likely N-dealkylation sites (tertiary alicyclic amines) is 1. The normalized spacial score (nSPS) is 24.3. The molecule has 102 valence electrons. The second-order valence-corrected chi connectivity index (χ2v) is 5.47. The van der Waals surface area contributed by atoms with E-state index in [9.17, 15) is 0 Å². The molecule has 2 rings (SSSR count). The molecular weight excluding hydrogens is 224 g/mol. The van der Waals surface area contributed by atoms with Crippen LogP contribution in [0.1, 0.15) is 51.3 Å². The van der Waals surface area contributed by atoms with E-state index in [0.29, 0.717) is 0 Å². The van der Waals surface area contributed by atoms with E-state index in [-0.39, 0.29) is 12.1 Å². The van der Waals surface area contributed by atoms with E-state index < -0.39 is 0 Å². The first-order valence-electron chi connectivity index (χ1n) is 7.29. The molecule has 0 spiro atoms. The molecule has 1 fully saturated rings. The van der Waals surface area contributed by atoms with Gasteiger partial charge < -0.3 is 10.2 Å². The molecule has 2 N–H and O–H groups in total. The third kappa shape index (κ3) is 2.96. The fourth-order valence-electron chi connectivity index (χ4n) is 3.10. The van der Waals surface area contributed by atoms with Gasteiger partial charge in [0.25, 0.3) is 0 Å². The smallest absolute Gasteiger partial charge is 0.122 e. The summed E-state index contributed by atoms with van der Waals surface area (Å²) in [6, 6.07) is 4.45. The third-order valence-electron chi connectivity index (χ3n) is 4.12. The van der Waals surface area contributed by atoms with Gasteiger partial charge in [0, 0.05) is 12.6 Å². The minimum Gasteiger partial charge on any atom is -0.468 e. The average molecular weight is 250 g/mol. The lowest BCUT2D eigenvalue weighted by molar-refractivity contribution is 0.175. The summed E-state index contributed by atoms with van der Waals surface area (Å²) in [6.45, 7) is 6.75. The number of hydrogen-bond donors (Lipinski definition) is 1. The summed E-state index contributed by atoms with van der Waals surface area (Å²) in [5.74, 6) is 1.87. The van der Waals surface area contributed by atoms with Crippen molar-refractivity contribution in [3.63, 3.8) is 0 Å². The topological polar surface area (TPSA) is 42.4 Å². The van der Waals surface area contributed by atoms with Gasteiger partial charge >= 0.3 is 0 Å². The Labute approximate surface area is 110 Å². The minimum absolute atomic E-state index is 0.163. The third-order valence-corrected chi connectivity index (χ3v) is 4.12. The molecule has 2 heterocycles. The number of nitrogens with zero attached hydrogens (tertiary/aromatic N) is 1. The maximum Gasteiger partial charge on any atom is 0.122 e. The Morgan fingerprint density at radius 2 is 2.33 bits per heavy atom. The molecule has 3 nitrogen and oxygen atoms in total. The number of nitrogens with two attached hydrogens (primary N) is 1. The SMILES string of the molecule is CCCC1CCN(C(c2ccco2)C(N)CC)C1. The van der Waals surface area contributed by atoms with Gasteiger partial charge in [-0.1, -0.05) is 20.3 Å². The van der Waals surface area contributed by atoms with Gasteiger partial charge in [-0.25, -0.2) is 0 Å². The van der Waals surface area contributed by atoms with E-state index in [1.807, 2.05) is 6.07 Å². The summed E-state index contributed by atoms with van der Waals surface area (Å²) < 4.78 is 5.60. The van der Waals surface area contributed by atoms with Crippen LogP contribution >= 0.6 is 0 Å². The molecule has 0 bridgehead atoms. The Balaban J connectivity index is 2.06. The lowest BCUT2D eigenvalue weighted by Gasteiger charge is -2.30. The highest BCUT2D eigenvalue weighted by atomic mass is 16.3. The Kier molecular flexibility index (Phi) is 4.84. The van der Waals surface area contributed by atoms with E-state index in [4.69, 9.17) is 10.2 Å². The van der Waals surface area contributed by atoms with Crippen molar-refractivity contribution in [2.75, 3.05) is 13.1 Å². The summed E-state index contributed by atoms with van der Waals surface area (Å²) in [7, 11) is 0. The van der Waals surface area contributed by atoms with Gasteiger partial charge in [0.05, 0.1) is 12.3 Å². The molecule has 1 aromatic rings. The van der Waals surface area contributed by atoms with E-state index in [1.165, 1.54) is 25.8 Å². The van der Waals surface area contributed by atoms with Crippen molar-refractivity contribution in [2.24, 2.45) is 11.7 Å². The van der Waals surface area contributed by atoms with E-state index in [0.717, 1.165) is 24.6 Å². The van der Waals surface area contributed by atoms with Crippen LogP contribution in [0.2, 0.25) is 0 Å². The number of rotatable bonds is 6. The Morgan fingerprint density at radius 3 is 2.94 bits per heavy atom. The fourth-order valence-corrected chi connectivity index (χ4v) is 3.10. The van der Waals surface area contributed by atoms with Gasteiger partial charge in [0.15, 0.2) is 0 Å². The molecule has 0 radical (unpaired) electrons. The average Bonchev–Trinajstić information content (AvgIpc) is 3.02. The van der Waals surface area contributed by atoms with Crippen LogP contribution in [0.25, 0.3) is 0 Å². The van der Waals surface area contributed by atoms with Crippen LogP contribution in [-0.2, 0) is 0 Å². The van der Waals surface area contributed by atoms with Crippen molar-refractivity contribution in [3.05, 3.63) is 24.2 Å². The van der Waals surface area contributed by atoms with E-state index in [1.54, 1.807) is 6.26 Å². The van der Waals surface area contributed by atoms with Gasteiger partial charge in [0.1, 0.15) is 5.76 Å². The predicted molar refractivity (Wildman–Crippen MR) is 74.3 cm³/mol. The van der Waals surface area contributed by atoms with E-state index in [2.05, 4.69) is 24.8 Å². The molecule has 1 aromatic heterocycles. The Morgan fingerprint density at radius 1 is 1.50 bits per heavy atom. The van der Waals surface area contributed by atoms with Crippen molar-refractivity contribution in [1.29, 1.82) is 0 Å². The van der Waals surface area contributed by atoms with Crippen molar-refractivity contribution >= 4 is 0 Å². The Hall–Kier alpha value is -0.800. The molecule has 0 aliphatic carbocycles. The van der Waals surface area contributed by atoms with Gasteiger partial charge in [0.2, 0.25) is 0 Å². The first-order valence-corrected chi connectivity index (χ1v) is 7.29. The molecule has 0 amide bonds. The van der Waals surface area contributed by atoms with Crippen molar-refractivity contribution < 1.29 is 4.42 Å². The number of hydrogen-bond acceptors (Lipinski definition) is 3. The first-order chi connectivity index (χ1) is 8.76. The second kappa shape index (κ2) is 6.39. The lowest BCUT2D eigenvalue weighted by atomic mass is 10.0. The highest BCUT2D eigenvalue weighted by Crippen LogP contribution is 2.32. The summed E-state index contributed by atoms with van der Waals surface area (Å²) >= 11 is 0. The highest BCUT2D eigenvalue weighted by Gasteiger charge is 2.33. The highest BCUT2D eigenvalue weighted by molar-refractivity contribution is 5.08. The zero-order chi connectivity index (χ0) is 13.0. The van der Waals surface area contributed by atoms with E-state index >= 15 is 0 Å². The largest absolute Gasteiger partial charge is 0.468 e. The predicted octanol–water partition coefficient (Wildman–Crippen LogP) is 3.18. The molecule has 1 saturated heterocycles. The summed E-state index contributed by atoms with van der Waals surface area (Å²) in [5, 5.41) is 0. The monoisotopic (exact) mass is 250 g/mol. The second-order valence-electron chi connectivity index (χ2n) is 5.47. The van der Waals surface area contributed by atoms with Crippen LogP contribution in [-0.4, -0.2) is 24.0 Å². The Bertz CT molecular complexity index is 336. The lowest BCUT2D eigenvalue weighted by Crippen LogP contribution is -2.39. The fraction of sp³-hybridized carbons (Fsp3) is 0.733. The maximum absolute atomic E-state index is 6.31. The quantitative estimate of drug-likeness (QED) is 0.843. The zero-order valence-corrected chi connectivity index (χ0v) is 11.6. The van der Waals surface area contributed by atoms with Crippen LogP contribution in [0.3, 0.4) is 0 Å². The molecule has 18 heavy (non-hydrogen) atoms. The summed E-state index contributed by atoms with van der Waals surface area (Å²) in [6.07, 6.45) is 6.67. The molecule has 3 unspecified atom stereocenters. The van der Waals surface area contributed by atoms with Crippen molar-refractivity contribution in [3.8, 4) is 0 Å². The molecule has 0 aromatic carbocycles. The van der Waals surface area contributed by atoms with Crippen molar-refractivity contribution in [2.45, 2.75) is 51.6 Å². The minimum atomic E-state index is 0.163. The molecule has 1 aliphatic heterocycles. The van der Waals surface area contributed by atoms with Crippen LogP contribution in [0.4, 0.5) is 0 Å². The number of furan rings is 1. The first kappa shape index (κ1) is 13.6. The standard InChI is InChI=1S/C15H26N2O/c1-3-6-12-8-9-17(11-12)15(13(16)4-2)14-7-5-10-18-14/h5,7,10,12-13,15H,3-4,6,8-9,11,16H2,1-2H3. The van der Waals surface area contributed by atoms with Crippen LogP contribution in [0, 0.1) is 5.92 Å². The van der Waals surface area contributed by atoms with Gasteiger partial charge in [-0.15, -0.1) is 0 Å². The van der Waals surface area contributed by atoms with Crippen LogP contribution in [0.5, 0.6) is 0 Å². The molecular formula is C15H26N2O. The van der Waals surface area contributed by atoms with Crippen LogP contribution < -0.4 is 5.73 Å².